The molecule has 0 fully saturated rings. The van der Waals surface area contributed by atoms with Crippen LogP contribution in [-0.4, -0.2) is 23.8 Å². The van der Waals surface area contributed by atoms with E-state index in [1.807, 2.05) is 13.0 Å². The molecule has 0 heterocycles. The van der Waals surface area contributed by atoms with Crippen LogP contribution in [-0.2, 0) is 14.3 Å². The minimum atomic E-state index is -0.583. The molecule has 0 radical (unpaired) electrons. The Morgan fingerprint density at radius 2 is 2.06 bits per heavy atom. The number of aliphatic hydroxyl groups excluding tert-OH is 1. The van der Waals surface area contributed by atoms with E-state index in [4.69, 9.17) is 4.74 Å². The van der Waals surface area contributed by atoms with Crippen LogP contribution in [0.15, 0.2) is 35.3 Å². The molecule has 1 N–H and O–H groups in total. The van der Waals surface area contributed by atoms with Crippen molar-refractivity contribution in [3.63, 3.8) is 0 Å². The van der Waals surface area contributed by atoms with Gasteiger partial charge < -0.3 is 9.84 Å². The number of hydrogen-bond donors (Lipinski definition) is 1. The SMILES string of the molecule is CCC/C=C/CC1=C(O)C(=O)C=C(OC)C1=O. The molecule has 0 saturated heterocycles. The van der Waals surface area contributed by atoms with Crippen LogP contribution >= 0.6 is 0 Å². The molecule has 0 bridgehead atoms. The van der Waals surface area contributed by atoms with E-state index >= 15 is 0 Å². The molecular formula is C13H16O4. The third-order valence-electron chi connectivity index (χ3n) is 2.44. The average Bonchev–Trinajstić information content (AvgIpc) is 2.33. The van der Waals surface area contributed by atoms with Crippen LogP contribution in [0.3, 0.4) is 0 Å². The molecule has 0 aliphatic heterocycles. The lowest BCUT2D eigenvalue weighted by atomic mass is 9.97. The first-order valence-electron chi connectivity index (χ1n) is 5.53. The van der Waals surface area contributed by atoms with Gasteiger partial charge in [0.15, 0.2) is 11.5 Å². The smallest absolute Gasteiger partial charge is 0.227 e. The number of carbonyl (C=O) groups is 2. The van der Waals surface area contributed by atoms with Gasteiger partial charge in [-0.25, -0.2) is 0 Å². The summed E-state index contributed by atoms with van der Waals surface area (Å²) in [6.45, 7) is 2.04. The number of methoxy groups -OCH3 is 1. The topological polar surface area (TPSA) is 63.6 Å². The van der Waals surface area contributed by atoms with Gasteiger partial charge in [-0.05, 0) is 12.8 Å². The molecular weight excluding hydrogens is 220 g/mol. The molecule has 0 atom stereocenters. The van der Waals surface area contributed by atoms with Gasteiger partial charge in [-0.2, -0.15) is 0 Å². The van der Waals surface area contributed by atoms with Crippen molar-refractivity contribution in [1.82, 2.24) is 0 Å². The third kappa shape index (κ3) is 3.06. The minimum Gasteiger partial charge on any atom is -0.504 e. The Hall–Kier alpha value is -1.84. The van der Waals surface area contributed by atoms with Crippen LogP contribution in [0.5, 0.6) is 0 Å². The summed E-state index contributed by atoms with van der Waals surface area (Å²) in [6, 6.07) is 0. The fraction of sp³-hybridized carbons (Fsp3) is 0.385. The molecule has 1 rings (SSSR count). The van der Waals surface area contributed by atoms with E-state index in [2.05, 4.69) is 0 Å². The van der Waals surface area contributed by atoms with E-state index in [9.17, 15) is 14.7 Å². The number of hydrogen-bond acceptors (Lipinski definition) is 4. The van der Waals surface area contributed by atoms with Crippen LogP contribution < -0.4 is 0 Å². The second-order valence-electron chi connectivity index (χ2n) is 3.70. The second-order valence-corrected chi connectivity index (χ2v) is 3.70. The molecule has 1 aliphatic rings. The van der Waals surface area contributed by atoms with Crippen LogP contribution in [0.25, 0.3) is 0 Å². The van der Waals surface area contributed by atoms with E-state index in [0.717, 1.165) is 18.9 Å². The summed E-state index contributed by atoms with van der Waals surface area (Å²) in [6.07, 6.45) is 6.87. The van der Waals surface area contributed by atoms with Crippen molar-refractivity contribution in [2.45, 2.75) is 26.2 Å². The van der Waals surface area contributed by atoms with Gasteiger partial charge in [-0.3, -0.25) is 9.59 Å². The highest BCUT2D eigenvalue weighted by atomic mass is 16.5. The maximum absolute atomic E-state index is 11.8. The Balaban J connectivity index is 2.85. The summed E-state index contributed by atoms with van der Waals surface area (Å²) in [5.41, 5.74) is 0.0988. The van der Waals surface area contributed by atoms with Crippen molar-refractivity contribution in [2.24, 2.45) is 0 Å². The zero-order chi connectivity index (χ0) is 12.8. The first-order valence-corrected chi connectivity index (χ1v) is 5.53. The fourth-order valence-electron chi connectivity index (χ4n) is 1.48. The predicted molar refractivity (Wildman–Crippen MR) is 63.4 cm³/mol. The van der Waals surface area contributed by atoms with Crippen LogP contribution in [0.1, 0.15) is 26.2 Å². The van der Waals surface area contributed by atoms with Gasteiger partial charge in [0, 0.05) is 6.08 Å². The largest absolute Gasteiger partial charge is 0.504 e. The Morgan fingerprint density at radius 1 is 1.35 bits per heavy atom. The van der Waals surface area contributed by atoms with Crippen LogP contribution in [0.4, 0.5) is 0 Å². The highest BCUT2D eigenvalue weighted by Gasteiger charge is 2.28. The average molecular weight is 236 g/mol. The number of aliphatic hydroxyl groups is 1. The number of ether oxygens (including phenoxy) is 1. The Morgan fingerprint density at radius 3 is 2.65 bits per heavy atom. The van der Waals surface area contributed by atoms with E-state index in [1.165, 1.54) is 7.11 Å². The van der Waals surface area contributed by atoms with Gasteiger partial charge >= 0.3 is 0 Å². The van der Waals surface area contributed by atoms with E-state index in [-0.39, 0.29) is 17.8 Å². The lowest BCUT2D eigenvalue weighted by Gasteiger charge is -2.13. The standard InChI is InChI=1S/C13H16O4/c1-3-4-5-6-7-9-12(15)10(14)8-11(17-2)13(9)16/h5-6,8,15H,3-4,7H2,1-2H3/b6-5+. The predicted octanol–water partition coefficient (Wildman–Crippen LogP) is 2.23. The fourth-order valence-corrected chi connectivity index (χ4v) is 1.48. The zero-order valence-corrected chi connectivity index (χ0v) is 10.0. The second kappa shape index (κ2) is 6.03. The maximum Gasteiger partial charge on any atom is 0.227 e. The summed E-state index contributed by atoms with van der Waals surface area (Å²) in [4.78, 5) is 23.1. The molecule has 0 aromatic carbocycles. The van der Waals surface area contributed by atoms with Gasteiger partial charge in [0.05, 0.1) is 12.7 Å². The quantitative estimate of drug-likeness (QED) is 0.587. The number of rotatable bonds is 5. The Labute approximate surface area is 100 Å². The number of ketones is 2. The number of carbonyl (C=O) groups excluding carboxylic acids is 2. The van der Waals surface area contributed by atoms with Crippen molar-refractivity contribution < 1.29 is 19.4 Å². The number of Topliss-reactive ketones (excluding diaryl/α,β-unsaturated/α-hetero) is 1. The third-order valence-corrected chi connectivity index (χ3v) is 2.44. The van der Waals surface area contributed by atoms with Gasteiger partial charge in [0.2, 0.25) is 11.6 Å². The highest BCUT2D eigenvalue weighted by molar-refractivity contribution is 6.20. The summed E-state index contributed by atoms with van der Waals surface area (Å²) in [5, 5.41) is 9.55. The molecule has 0 unspecified atom stereocenters. The summed E-state index contributed by atoms with van der Waals surface area (Å²) >= 11 is 0. The molecule has 0 saturated carbocycles. The van der Waals surface area contributed by atoms with Crippen LogP contribution in [0, 0.1) is 0 Å². The van der Waals surface area contributed by atoms with Crippen LogP contribution in [0.2, 0.25) is 0 Å². The summed E-state index contributed by atoms with van der Waals surface area (Å²) in [5.74, 6) is -1.50. The van der Waals surface area contributed by atoms with Crippen molar-refractivity contribution in [3.05, 3.63) is 35.3 Å². The van der Waals surface area contributed by atoms with Gasteiger partial charge in [0.1, 0.15) is 0 Å². The molecule has 92 valence electrons. The first-order chi connectivity index (χ1) is 8.11. The minimum absolute atomic E-state index is 0.0216. The zero-order valence-electron chi connectivity index (χ0n) is 10.0. The molecule has 1 aliphatic carbocycles. The Bertz CT molecular complexity index is 413. The van der Waals surface area contributed by atoms with Crippen molar-refractivity contribution in [2.75, 3.05) is 7.11 Å². The van der Waals surface area contributed by atoms with E-state index in [1.54, 1.807) is 6.08 Å². The lowest BCUT2D eigenvalue weighted by Crippen LogP contribution is -2.20. The monoisotopic (exact) mass is 236 g/mol. The van der Waals surface area contributed by atoms with E-state index < -0.39 is 17.3 Å². The molecule has 0 amide bonds. The molecule has 17 heavy (non-hydrogen) atoms. The van der Waals surface area contributed by atoms with Gasteiger partial charge in [0.25, 0.3) is 0 Å². The normalized spacial score (nSPS) is 16.7. The molecule has 0 aromatic rings. The first kappa shape index (κ1) is 13.2. The highest BCUT2D eigenvalue weighted by Crippen LogP contribution is 2.21. The lowest BCUT2D eigenvalue weighted by molar-refractivity contribution is -0.119. The van der Waals surface area contributed by atoms with Crippen molar-refractivity contribution >= 4 is 11.6 Å². The number of unbranched alkanes of at least 4 members (excludes halogenated alkanes) is 1. The van der Waals surface area contributed by atoms with Crippen molar-refractivity contribution in [3.8, 4) is 0 Å². The number of allylic oxidation sites excluding steroid dienone is 4. The van der Waals surface area contributed by atoms with Gasteiger partial charge in [-0.1, -0.05) is 25.5 Å². The molecule has 4 nitrogen and oxygen atoms in total. The van der Waals surface area contributed by atoms with Gasteiger partial charge in [-0.15, -0.1) is 0 Å². The molecule has 0 aromatic heterocycles. The van der Waals surface area contributed by atoms with E-state index in [0.29, 0.717) is 0 Å². The summed E-state index contributed by atoms with van der Waals surface area (Å²) < 4.78 is 4.80. The summed E-state index contributed by atoms with van der Waals surface area (Å²) in [7, 11) is 1.32. The molecule has 0 spiro atoms. The molecule has 4 heteroatoms. The maximum atomic E-state index is 11.8. The Kier molecular flexibility index (Phi) is 4.69. The van der Waals surface area contributed by atoms with Crippen molar-refractivity contribution in [1.29, 1.82) is 0 Å².